The lowest BCUT2D eigenvalue weighted by Gasteiger charge is -2.17. The van der Waals surface area contributed by atoms with Crippen LogP contribution in [0.5, 0.6) is 5.75 Å². The van der Waals surface area contributed by atoms with E-state index in [1.54, 1.807) is 24.3 Å². The van der Waals surface area contributed by atoms with Crippen LogP contribution >= 0.6 is 0 Å². The van der Waals surface area contributed by atoms with Gasteiger partial charge in [0.05, 0.1) is 13.2 Å². The summed E-state index contributed by atoms with van der Waals surface area (Å²) in [6.07, 6.45) is 2.09. The Bertz CT molecular complexity index is 497. The third-order valence-electron chi connectivity index (χ3n) is 3.68. The lowest BCUT2D eigenvalue weighted by Crippen LogP contribution is -2.42. The largest absolute Gasteiger partial charge is 0.494 e. The van der Waals surface area contributed by atoms with Gasteiger partial charge in [-0.15, -0.1) is 0 Å². The average Bonchev–Trinajstić information content (AvgIpc) is 2.53. The number of carbonyl (C=O) groups is 2. The molecule has 2 N–H and O–H groups in total. The zero-order valence-corrected chi connectivity index (χ0v) is 14.5. The molecular weight excluding hydrogens is 292 g/mol. The molecule has 1 aromatic carbocycles. The van der Waals surface area contributed by atoms with Crippen molar-refractivity contribution in [2.45, 2.75) is 46.6 Å². The van der Waals surface area contributed by atoms with Crippen LogP contribution in [0.1, 0.15) is 50.9 Å². The first kappa shape index (κ1) is 19.0. The van der Waals surface area contributed by atoms with Crippen molar-refractivity contribution in [1.82, 2.24) is 10.6 Å². The van der Waals surface area contributed by atoms with Gasteiger partial charge in [0, 0.05) is 11.6 Å². The zero-order valence-electron chi connectivity index (χ0n) is 14.5. The smallest absolute Gasteiger partial charge is 0.251 e. The van der Waals surface area contributed by atoms with Crippen molar-refractivity contribution in [3.05, 3.63) is 29.8 Å². The second kappa shape index (κ2) is 9.87. The fraction of sp³-hybridized carbons (Fsp3) is 0.556. The minimum Gasteiger partial charge on any atom is -0.494 e. The minimum absolute atomic E-state index is 0.0232. The van der Waals surface area contributed by atoms with Crippen molar-refractivity contribution < 1.29 is 14.3 Å². The highest BCUT2D eigenvalue weighted by atomic mass is 16.5. The van der Waals surface area contributed by atoms with Gasteiger partial charge in [0.2, 0.25) is 5.91 Å². The predicted molar refractivity (Wildman–Crippen MR) is 91.6 cm³/mol. The maximum atomic E-state index is 12.0. The molecular formula is C18H28N2O3. The number of amides is 2. The summed E-state index contributed by atoms with van der Waals surface area (Å²) in [5.74, 6) is 0.657. The standard InChI is InChI=1S/C18H28N2O3/c1-5-6-11-23-16-9-7-15(8-10-16)18(22)19-12-17(21)20-14(4)13(2)3/h7-10,13-14H,5-6,11-12H2,1-4H3,(H,19,22)(H,20,21). The first-order valence-corrected chi connectivity index (χ1v) is 8.24. The molecule has 0 aromatic heterocycles. The van der Waals surface area contributed by atoms with Gasteiger partial charge in [0.1, 0.15) is 5.75 Å². The number of hydrogen-bond donors (Lipinski definition) is 2. The van der Waals surface area contributed by atoms with Gasteiger partial charge >= 0.3 is 0 Å². The van der Waals surface area contributed by atoms with Gasteiger partial charge in [-0.3, -0.25) is 9.59 Å². The number of nitrogens with one attached hydrogen (secondary N) is 2. The summed E-state index contributed by atoms with van der Waals surface area (Å²) in [5, 5.41) is 5.47. The quantitative estimate of drug-likeness (QED) is 0.688. The van der Waals surface area contributed by atoms with Gasteiger partial charge in [-0.25, -0.2) is 0 Å². The van der Waals surface area contributed by atoms with Crippen LogP contribution in [0.2, 0.25) is 0 Å². The number of ether oxygens (including phenoxy) is 1. The van der Waals surface area contributed by atoms with Crippen molar-refractivity contribution in [3.8, 4) is 5.75 Å². The molecule has 0 spiro atoms. The highest BCUT2D eigenvalue weighted by Gasteiger charge is 2.12. The van der Waals surface area contributed by atoms with Crippen LogP contribution < -0.4 is 15.4 Å². The number of carbonyl (C=O) groups excluding carboxylic acids is 2. The Kier molecular flexibility index (Phi) is 8.16. The normalized spacial score (nSPS) is 11.9. The number of rotatable bonds is 9. The Hall–Kier alpha value is -2.04. The Labute approximate surface area is 138 Å². The van der Waals surface area contributed by atoms with Crippen LogP contribution in [-0.4, -0.2) is 31.0 Å². The van der Waals surface area contributed by atoms with E-state index in [0.29, 0.717) is 18.1 Å². The van der Waals surface area contributed by atoms with Crippen LogP contribution in [-0.2, 0) is 4.79 Å². The van der Waals surface area contributed by atoms with Crippen molar-refractivity contribution >= 4 is 11.8 Å². The molecule has 0 bridgehead atoms. The molecule has 5 nitrogen and oxygen atoms in total. The summed E-state index contributed by atoms with van der Waals surface area (Å²) >= 11 is 0. The Morgan fingerprint density at radius 2 is 1.78 bits per heavy atom. The first-order valence-electron chi connectivity index (χ1n) is 8.24. The number of unbranched alkanes of at least 4 members (excludes halogenated alkanes) is 1. The third kappa shape index (κ3) is 7.17. The molecule has 1 aromatic rings. The van der Waals surface area contributed by atoms with E-state index in [-0.39, 0.29) is 24.4 Å². The highest BCUT2D eigenvalue weighted by molar-refractivity contribution is 5.96. The maximum absolute atomic E-state index is 12.0. The van der Waals surface area contributed by atoms with E-state index in [1.807, 2.05) is 20.8 Å². The van der Waals surface area contributed by atoms with E-state index in [4.69, 9.17) is 4.74 Å². The Morgan fingerprint density at radius 3 is 2.35 bits per heavy atom. The highest BCUT2D eigenvalue weighted by Crippen LogP contribution is 2.12. The molecule has 0 aliphatic carbocycles. The fourth-order valence-corrected chi connectivity index (χ4v) is 1.77. The molecule has 0 aliphatic heterocycles. The molecule has 0 fully saturated rings. The van der Waals surface area contributed by atoms with E-state index < -0.39 is 0 Å². The summed E-state index contributed by atoms with van der Waals surface area (Å²) < 4.78 is 5.55. The maximum Gasteiger partial charge on any atom is 0.251 e. The molecule has 128 valence electrons. The van der Waals surface area contributed by atoms with Crippen LogP contribution in [0.3, 0.4) is 0 Å². The van der Waals surface area contributed by atoms with Gasteiger partial charge in [-0.05, 0) is 43.5 Å². The molecule has 0 saturated carbocycles. The molecule has 0 radical (unpaired) electrons. The number of benzene rings is 1. The summed E-state index contributed by atoms with van der Waals surface area (Å²) in [4.78, 5) is 23.8. The van der Waals surface area contributed by atoms with E-state index in [0.717, 1.165) is 18.6 Å². The summed E-state index contributed by atoms with van der Waals surface area (Å²) in [6, 6.07) is 7.02. The summed E-state index contributed by atoms with van der Waals surface area (Å²) in [5.41, 5.74) is 0.512. The van der Waals surface area contributed by atoms with Crippen LogP contribution in [0.15, 0.2) is 24.3 Å². The lowest BCUT2D eigenvalue weighted by molar-refractivity contribution is -0.121. The van der Waals surface area contributed by atoms with Crippen molar-refractivity contribution in [2.24, 2.45) is 5.92 Å². The third-order valence-corrected chi connectivity index (χ3v) is 3.68. The molecule has 5 heteroatoms. The summed E-state index contributed by atoms with van der Waals surface area (Å²) in [7, 11) is 0. The van der Waals surface area contributed by atoms with Crippen molar-refractivity contribution in [1.29, 1.82) is 0 Å². The Balaban J connectivity index is 2.41. The molecule has 0 aliphatic rings. The van der Waals surface area contributed by atoms with Gasteiger partial charge in [0.15, 0.2) is 0 Å². The number of hydrogen-bond acceptors (Lipinski definition) is 3. The Morgan fingerprint density at radius 1 is 1.13 bits per heavy atom. The predicted octanol–water partition coefficient (Wildman–Crippen LogP) is 2.76. The molecule has 0 saturated heterocycles. The molecule has 1 rings (SSSR count). The topological polar surface area (TPSA) is 67.4 Å². The molecule has 0 heterocycles. The monoisotopic (exact) mass is 320 g/mol. The van der Waals surface area contributed by atoms with Crippen molar-refractivity contribution in [2.75, 3.05) is 13.2 Å². The average molecular weight is 320 g/mol. The van der Waals surface area contributed by atoms with Crippen LogP contribution in [0.4, 0.5) is 0 Å². The van der Waals surface area contributed by atoms with Gasteiger partial charge in [0.25, 0.3) is 5.91 Å². The van der Waals surface area contributed by atoms with E-state index in [9.17, 15) is 9.59 Å². The molecule has 1 unspecified atom stereocenters. The van der Waals surface area contributed by atoms with Gasteiger partial charge < -0.3 is 15.4 Å². The van der Waals surface area contributed by atoms with E-state index in [1.165, 1.54) is 0 Å². The summed E-state index contributed by atoms with van der Waals surface area (Å²) in [6.45, 7) is 8.78. The first-order chi connectivity index (χ1) is 10.9. The van der Waals surface area contributed by atoms with Crippen molar-refractivity contribution in [3.63, 3.8) is 0 Å². The SMILES string of the molecule is CCCCOc1ccc(C(=O)NCC(=O)NC(C)C(C)C)cc1. The van der Waals surface area contributed by atoms with E-state index >= 15 is 0 Å². The lowest BCUT2D eigenvalue weighted by atomic mass is 10.1. The van der Waals surface area contributed by atoms with Crippen LogP contribution in [0.25, 0.3) is 0 Å². The second-order valence-corrected chi connectivity index (χ2v) is 6.01. The minimum atomic E-state index is -0.266. The van der Waals surface area contributed by atoms with Crippen LogP contribution in [0, 0.1) is 5.92 Å². The fourth-order valence-electron chi connectivity index (χ4n) is 1.77. The van der Waals surface area contributed by atoms with Gasteiger partial charge in [-0.1, -0.05) is 27.2 Å². The van der Waals surface area contributed by atoms with Gasteiger partial charge in [-0.2, -0.15) is 0 Å². The second-order valence-electron chi connectivity index (χ2n) is 6.01. The molecule has 1 atom stereocenters. The molecule has 23 heavy (non-hydrogen) atoms. The zero-order chi connectivity index (χ0) is 17.2. The molecule has 2 amide bonds. The van der Waals surface area contributed by atoms with E-state index in [2.05, 4.69) is 17.6 Å².